The van der Waals surface area contributed by atoms with Crippen LogP contribution in [0.25, 0.3) is 0 Å². The molecule has 1 aromatic rings. The first kappa shape index (κ1) is 13.0. The molecule has 1 fully saturated rings. The van der Waals surface area contributed by atoms with Gasteiger partial charge in [0, 0.05) is 13.1 Å². The van der Waals surface area contributed by atoms with E-state index in [0.717, 1.165) is 19.5 Å². The van der Waals surface area contributed by atoms with Crippen molar-refractivity contribution in [2.45, 2.75) is 39.3 Å². The number of ether oxygens (including phenoxy) is 1. The predicted molar refractivity (Wildman–Crippen MR) is 66.3 cm³/mol. The van der Waals surface area contributed by atoms with Gasteiger partial charge < -0.3 is 10.1 Å². The van der Waals surface area contributed by atoms with E-state index in [9.17, 15) is 4.79 Å². The molecule has 100 valence electrons. The Hall–Kier alpha value is -1.43. The van der Waals surface area contributed by atoms with Crippen LogP contribution in [0.3, 0.4) is 0 Å². The van der Waals surface area contributed by atoms with Gasteiger partial charge in [0.1, 0.15) is 0 Å². The zero-order valence-corrected chi connectivity index (χ0v) is 11.1. The third kappa shape index (κ3) is 3.07. The van der Waals surface area contributed by atoms with E-state index in [-0.39, 0.29) is 17.8 Å². The predicted octanol–water partition coefficient (Wildman–Crippen LogP) is 1.01. The number of nitrogens with one attached hydrogen (secondary N) is 1. The summed E-state index contributed by atoms with van der Waals surface area (Å²) in [4.78, 5) is 11.8. The van der Waals surface area contributed by atoms with Crippen molar-refractivity contribution < 1.29 is 9.53 Å². The highest BCUT2D eigenvalue weighted by molar-refractivity contribution is 5.86. The van der Waals surface area contributed by atoms with Gasteiger partial charge in [-0.05, 0) is 19.3 Å². The first-order chi connectivity index (χ1) is 8.56. The Morgan fingerprint density at radius 1 is 1.56 bits per heavy atom. The minimum absolute atomic E-state index is 0.0898. The van der Waals surface area contributed by atoms with Crippen LogP contribution in [0.15, 0.2) is 6.20 Å². The number of esters is 1. The lowest BCUT2D eigenvalue weighted by atomic mass is 10.1. The maximum atomic E-state index is 11.8. The van der Waals surface area contributed by atoms with Crippen molar-refractivity contribution in [3.8, 4) is 0 Å². The van der Waals surface area contributed by atoms with Crippen LogP contribution in [0.1, 0.15) is 43.7 Å². The molecule has 0 bridgehead atoms. The molecule has 0 aliphatic carbocycles. The number of nitrogens with zero attached hydrogens (tertiary/aromatic N) is 3. The van der Waals surface area contributed by atoms with Crippen LogP contribution >= 0.6 is 0 Å². The van der Waals surface area contributed by atoms with Crippen molar-refractivity contribution in [1.29, 1.82) is 0 Å². The van der Waals surface area contributed by atoms with Crippen LogP contribution in [-0.2, 0) is 4.74 Å². The minimum atomic E-state index is -0.387. The molecule has 0 amide bonds. The van der Waals surface area contributed by atoms with Gasteiger partial charge in [-0.2, -0.15) is 0 Å². The van der Waals surface area contributed by atoms with Crippen LogP contribution in [-0.4, -0.2) is 40.2 Å². The summed E-state index contributed by atoms with van der Waals surface area (Å²) in [6.45, 7) is 7.86. The fourth-order valence-corrected chi connectivity index (χ4v) is 1.96. The molecule has 1 aromatic heterocycles. The maximum Gasteiger partial charge on any atom is 0.360 e. The second-order valence-corrected chi connectivity index (χ2v) is 5.24. The van der Waals surface area contributed by atoms with E-state index in [1.165, 1.54) is 0 Å². The molecule has 1 aliphatic rings. The quantitative estimate of drug-likeness (QED) is 0.792. The van der Waals surface area contributed by atoms with Crippen LogP contribution in [0.2, 0.25) is 0 Å². The Labute approximate surface area is 107 Å². The second-order valence-electron chi connectivity index (χ2n) is 5.24. The second kappa shape index (κ2) is 5.48. The lowest BCUT2D eigenvalue weighted by Crippen LogP contribution is -2.43. The third-order valence-electron chi connectivity index (χ3n) is 2.97. The molecule has 1 unspecified atom stereocenters. The molecular formula is C12H20N4O2. The Morgan fingerprint density at radius 2 is 2.28 bits per heavy atom. The summed E-state index contributed by atoms with van der Waals surface area (Å²) in [6.07, 6.45) is 2.43. The lowest BCUT2D eigenvalue weighted by molar-refractivity contribution is 0.0292. The van der Waals surface area contributed by atoms with Gasteiger partial charge in [-0.1, -0.05) is 19.1 Å². The van der Waals surface area contributed by atoms with Gasteiger partial charge in [0.05, 0.1) is 18.3 Å². The summed E-state index contributed by atoms with van der Waals surface area (Å²) in [5.74, 6) is 0.117. The molecule has 18 heavy (non-hydrogen) atoms. The molecule has 2 heterocycles. The summed E-state index contributed by atoms with van der Waals surface area (Å²) < 4.78 is 7.04. The SMILES string of the molecule is CC(C)CC(C)OC(=O)c1cn(C2CNC2)nn1. The van der Waals surface area contributed by atoms with Crippen LogP contribution < -0.4 is 5.32 Å². The standard InChI is InChI=1S/C12H20N4O2/c1-8(2)4-9(3)18-12(17)11-7-16(15-14-11)10-5-13-6-10/h7-10,13H,4-6H2,1-3H3. The number of hydrogen-bond acceptors (Lipinski definition) is 5. The molecule has 1 N–H and O–H groups in total. The van der Waals surface area contributed by atoms with E-state index in [1.807, 2.05) is 6.92 Å². The Bertz CT molecular complexity index is 412. The largest absolute Gasteiger partial charge is 0.458 e. The summed E-state index contributed by atoms with van der Waals surface area (Å²) in [6, 6.07) is 0.312. The normalized spacial score (nSPS) is 17.6. The molecule has 0 radical (unpaired) electrons. The van der Waals surface area contributed by atoms with Crippen molar-refractivity contribution in [2.24, 2.45) is 5.92 Å². The maximum absolute atomic E-state index is 11.8. The fraction of sp³-hybridized carbons (Fsp3) is 0.750. The smallest absolute Gasteiger partial charge is 0.360 e. The third-order valence-corrected chi connectivity index (χ3v) is 2.97. The molecule has 0 saturated carbocycles. The highest BCUT2D eigenvalue weighted by Gasteiger charge is 2.23. The molecule has 1 atom stereocenters. The monoisotopic (exact) mass is 252 g/mol. The highest BCUT2D eigenvalue weighted by Crippen LogP contribution is 2.12. The average molecular weight is 252 g/mol. The van der Waals surface area contributed by atoms with Crippen molar-refractivity contribution in [3.05, 3.63) is 11.9 Å². The van der Waals surface area contributed by atoms with Crippen LogP contribution in [0.4, 0.5) is 0 Å². The van der Waals surface area contributed by atoms with Gasteiger partial charge in [-0.15, -0.1) is 5.10 Å². The molecule has 0 spiro atoms. The van der Waals surface area contributed by atoms with Gasteiger partial charge in [-0.3, -0.25) is 0 Å². The summed E-state index contributed by atoms with van der Waals surface area (Å²) >= 11 is 0. The number of rotatable bonds is 5. The van der Waals surface area contributed by atoms with Gasteiger partial charge in [0.2, 0.25) is 0 Å². The van der Waals surface area contributed by atoms with Crippen molar-refractivity contribution >= 4 is 5.97 Å². The summed E-state index contributed by atoms with van der Waals surface area (Å²) in [5, 5.41) is 11.0. The van der Waals surface area contributed by atoms with Gasteiger partial charge >= 0.3 is 5.97 Å². The van der Waals surface area contributed by atoms with Crippen molar-refractivity contribution in [2.75, 3.05) is 13.1 Å². The average Bonchev–Trinajstić information content (AvgIpc) is 2.62. The number of carbonyl (C=O) groups is 1. The molecule has 2 rings (SSSR count). The Kier molecular flexibility index (Phi) is 3.96. The molecular weight excluding hydrogens is 232 g/mol. The van der Waals surface area contributed by atoms with Crippen molar-refractivity contribution in [1.82, 2.24) is 20.3 Å². The van der Waals surface area contributed by atoms with E-state index < -0.39 is 0 Å². The highest BCUT2D eigenvalue weighted by atomic mass is 16.5. The van der Waals surface area contributed by atoms with Gasteiger partial charge in [0.25, 0.3) is 0 Å². The van der Waals surface area contributed by atoms with Crippen molar-refractivity contribution in [3.63, 3.8) is 0 Å². The number of hydrogen-bond donors (Lipinski definition) is 1. The topological polar surface area (TPSA) is 69.0 Å². The molecule has 6 nitrogen and oxygen atoms in total. The van der Waals surface area contributed by atoms with E-state index in [4.69, 9.17) is 4.74 Å². The number of aromatic nitrogens is 3. The minimum Gasteiger partial charge on any atom is -0.458 e. The fourth-order valence-electron chi connectivity index (χ4n) is 1.96. The van der Waals surface area contributed by atoms with Gasteiger partial charge in [-0.25, -0.2) is 9.48 Å². The van der Waals surface area contributed by atoms with Crippen LogP contribution in [0, 0.1) is 5.92 Å². The molecule has 0 aromatic carbocycles. The Morgan fingerprint density at radius 3 is 2.83 bits per heavy atom. The zero-order valence-electron chi connectivity index (χ0n) is 11.1. The first-order valence-corrected chi connectivity index (χ1v) is 6.39. The first-order valence-electron chi connectivity index (χ1n) is 6.39. The van der Waals surface area contributed by atoms with Gasteiger partial charge in [0.15, 0.2) is 5.69 Å². The molecule has 1 saturated heterocycles. The summed E-state index contributed by atoms with van der Waals surface area (Å²) in [7, 11) is 0. The van der Waals surface area contributed by atoms with E-state index in [2.05, 4.69) is 29.5 Å². The van der Waals surface area contributed by atoms with E-state index in [0.29, 0.717) is 12.0 Å². The molecule has 1 aliphatic heterocycles. The summed E-state index contributed by atoms with van der Waals surface area (Å²) in [5.41, 5.74) is 0.289. The lowest BCUT2D eigenvalue weighted by Gasteiger charge is -2.26. The van der Waals surface area contributed by atoms with Crippen LogP contribution in [0.5, 0.6) is 0 Å². The van der Waals surface area contributed by atoms with E-state index >= 15 is 0 Å². The number of carbonyl (C=O) groups excluding carboxylic acids is 1. The molecule has 6 heteroatoms. The van der Waals surface area contributed by atoms with E-state index in [1.54, 1.807) is 10.9 Å². The Balaban J connectivity index is 1.90. The zero-order chi connectivity index (χ0) is 13.1.